The first-order chi connectivity index (χ1) is 16.2. The number of nitrogens with two attached hydrogens (primary N) is 1. The number of rotatable bonds is 3. The lowest BCUT2D eigenvalue weighted by Crippen LogP contribution is -2.62. The molecule has 178 valence electrons. The second-order valence-electron chi connectivity index (χ2n) is 11.4. The number of hydrogen-bond acceptors (Lipinski definition) is 4. The molecule has 2 aromatic rings. The minimum absolute atomic E-state index is 0.0541. The molecular formula is C30H36N2O2. The quantitative estimate of drug-likeness (QED) is 0.658. The first-order valence-electron chi connectivity index (χ1n) is 12.6. The van der Waals surface area contributed by atoms with E-state index in [-0.39, 0.29) is 35.0 Å². The zero-order valence-electron chi connectivity index (χ0n) is 20.8. The highest BCUT2D eigenvalue weighted by atomic mass is 16.1. The van der Waals surface area contributed by atoms with Crippen molar-refractivity contribution < 1.29 is 9.59 Å². The van der Waals surface area contributed by atoms with Crippen molar-refractivity contribution in [3.8, 4) is 0 Å². The van der Waals surface area contributed by atoms with E-state index in [0.29, 0.717) is 13.0 Å². The van der Waals surface area contributed by atoms with Gasteiger partial charge < -0.3 is 10.6 Å². The van der Waals surface area contributed by atoms with Gasteiger partial charge in [0.15, 0.2) is 5.78 Å². The summed E-state index contributed by atoms with van der Waals surface area (Å²) in [7, 11) is 0. The maximum Gasteiger partial charge on any atom is 0.167 e. The van der Waals surface area contributed by atoms with Crippen molar-refractivity contribution >= 4 is 22.8 Å². The predicted molar refractivity (Wildman–Crippen MR) is 137 cm³/mol. The Balaban J connectivity index is 1.79. The van der Waals surface area contributed by atoms with Crippen LogP contribution in [0.2, 0.25) is 0 Å². The molecule has 4 nitrogen and oxygen atoms in total. The fourth-order valence-corrected chi connectivity index (χ4v) is 6.38. The standard InChI is InChI=1S/C30H36N2O2/c1-29(2)17-23-27(28(34)30(29,3)4)25(20-9-6-5-7-10-20)26-22(11-8-12-24(26)33)32(23)21-15-13-19(18-31)14-16-21/h5-7,9-10,13-16,22-23,26H,8,11-12,17-18,31H2,1-4H3. The third-order valence-electron chi connectivity index (χ3n) is 9.05. The highest BCUT2D eigenvalue weighted by Crippen LogP contribution is 2.57. The van der Waals surface area contributed by atoms with Gasteiger partial charge in [-0.15, -0.1) is 0 Å². The molecule has 2 fully saturated rings. The average Bonchev–Trinajstić information content (AvgIpc) is 2.82. The molecule has 3 aliphatic rings. The molecule has 2 saturated carbocycles. The number of hydrogen-bond donors (Lipinski definition) is 1. The molecule has 34 heavy (non-hydrogen) atoms. The van der Waals surface area contributed by atoms with E-state index >= 15 is 0 Å². The van der Waals surface area contributed by atoms with Crippen LogP contribution in [0.3, 0.4) is 0 Å². The summed E-state index contributed by atoms with van der Waals surface area (Å²) in [6.45, 7) is 9.10. The number of benzene rings is 2. The lowest BCUT2D eigenvalue weighted by Gasteiger charge is -2.58. The number of anilines is 1. The van der Waals surface area contributed by atoms with E-state index in [1.807, 2.05) is 18.2 Å². The Morgan fingerprint density at radius 3 is 2.26 bits per heavy atom. The van der Waals surface area contributed by atoms with E-state index in [1.54, 1.807) is 0 Å². The zero-order valence-corrected chi connectivity index (χ0v) is 20.8. The van der Waals surface area contributed by atoms with Gasteiger partial charge in [0.25, 0.3) is 0 Å². The summed E-state index contributed by atoms with van der Waals surface area (Å²) in [6.07, 6.45) is 3.30. The SMILES string of the molecule is CC1(C)CC2C(=C(c3ccccc3)C3C(=O)CCCC3N2c2ccc(CN)cc2)C(=O)C1(C)C. The largest absolute Gasteiger partial charge is 0.360 e. The Morgan fingerprint density at radius 1 is 0.941 bits per heavy atom. The number of carbonyl (C=O) groups excluding carboxylic acids is 2. The van der Waals surface area contributed by atoms with Gasteiger partial charge in [-0.25, -0.2) is 0 Å². The topological polar surface area (TPSA) is 63.4 Å². The summed E-state index contributed by atoms with van der Waals surface area (Å²) < 4.78 is 0. The molecule has 0 bridgehead atoms. The summed E-state index contributed by atoms with van der Waals surface area (Å²) in [4.78, 5) is 30.3. The molecule has 0 radical (unpaired) electrons. The molecule has 2 N–H and O–H groups in total. The summed E-state index contributed by atoms with van der Waals surface area (Å²) in [5.74, 6) is 0.172. The average molecular weight is 457 g/mol. The normalized spacial score (nSPS) is 27.9. The number of fused-ring (bicyclic) bond motifs is 2. The summed E-state index contributed by atoms with van der Waals surface area (Å²) >= 11 is 0. The second kappa shape index (κ2) is 8.20. The van der Waals surface area contributed by atoms with Crippen molar-refractivity contribution in [3.05, 3.63) is 71.3 Å². The summed E-state index contributed by atoms with van der Waals surface area (Å²) in [5.41, 5.74) is 10.2. The monoisotopic (exact) mass is 456 g/mol. The molecule has 2 aliphatic carbocycles. The predicted octanol–water partition coefficient (Wildman–Crippen LogP) is 5.55. The highest BCUT2D eigenvalue weighted by molar-refractivity contribution is 6.13. The first-order valence-corrected chi connectivity index (χ1v) is 12.6. The Morgan fingerprint density at radius 2 is 1.62 bits per heavy atom. The number of Topliss-reactive ketones (excluding diaryl/α,β-unsaturated/α-hetero) is 2. The fraction of sp³-hybridized carbons (Fsp3) is 0.467. The van der Waals surface area contributed by atoms with E-state index in [0.717, 1.165) is 47.2 Å². The van der Waals surface area contributed by atoms with Gasteiger partial charge in [0, 0.05) is 35.7 Å². The van der Waals surface area contributed by atoms with Crippen molar-refractivity contribution in [2.45, 2.75) is 72.0 Å². The third-order valence-corrected chi connectivity index (χ3v) is 9.05. The highest BCUT2D eigenvalue weighted by Gasteiger charge is 2.58. The van der Waals surface area contributed by atoms with Crippen LogP contribution in [0, 0.1) is 16.7 Å². The lowest BCUT2D eigenvalue weighted by molar-refractivity contribution is -0.133. The molecule has 2 aromatic carbocycles. The van der Waals surface area contributed by atoms with Crippen LogP contribution in [0.4, 0.5) is 5.69 Å². The van der Waals surface area contributed by atoms with Gasteiger partial charge >= 0.3 is 0 Å². The molecule has 1 aliphatic heterocycles. The molecule has 5 rings (SSSR count). The second-order valence-corrected chi connectivity index (χ2v) is 11.4. The minimum atomic E-state index is -0.515. The number of nitrogens with zero attached hydrogens (tertiary/aromatic N) is 1. The molecule has 0 saturated heterocycles. The van der Waals surface area contributed by atoms with Crippen LogP contribution in [0.1, 0.15) is 64.5 Å². The van der Waals surface area contributed by atoms with Crippen LogP contribution in [0.25, 0.3) is 5.57 Å². The Bertz CT molecular complexity index is 1140. The molecule has 3 unspecified atom stereocenters. The number of carbonyl (C=O) groups is 2. The van der Waals surface area contributed by atoms with Crippen LogP contribution in [0.5, 0.6) is 0 Å². The van der Waals surface area contributed by atoms with Crippen LogP contribution < -0.4 is 10.6 Å². The maximum atomic E-state index is 14.3. The van der Waals surface area contributed by atoms with Crippen molar-refractivity contribution in [2.75, 3.05) is 4.90 Å². The summed E-state index contributed by atoms with van der Waals surface area (Å²) in [6, 6.07) is 18.6. The number of ketones is 2. The molecule has 3 atom stereocenters. The van der Waals surface area contributed by atoms with Gasteiger partial charge in [-0.1, -0.05) is 70.2 Å². The van der Waals surface area contributed by atoms with Crippen LogP contribution in [-0.2, 0) is 16.1 Å². The fourth-order valence-electron chi connectivity index (χ4n) is 6.38. The zero-order chi connectivity index (χ0) is 24.3. The molecule has 0 spiro atoms. The lowest BCUT2D eigenvalue weighted by atomic mass is 9.53. The van der Waals surface area contributed by atoms with Crippen LogP contribution >= 0.6 is 0 Å². The van der Waals surface area contributed by atoms with Gasteiger partial charge in [-0.05, 0) is 53.5 Å². The smallest absolute Gasteiger partial charge is 0.167 e. The van der Waals surface area contributed by atoms with Crippen molar-refractivity contribution in [2.24, 2.45) is 22.5 Å². The van der Waals surface area contributed by atoms with E-state index in [1.165, 1.54) is 0 Å². The van der Waals surface area contributed by atoms with Gasteiger partial charge in [0.05, 0.1) is 12.0 Å². The van der Waals surface area contributed by atoms with Crippen LogP contribution in [-0.4, -0.2) is 23.7 Å². The molecule has 1 heterocycles. The van der Waals surface area contributed by atoms with E-state index in [2.05, 4.69) is 69.0 Å². The molecule has 4 heteroatoms. The Hall–Kier alpha value is -2.72. The third kappa shape index (κ3) is 3.38. The van der Waals surface area contributed by atoms with Crippen molar-refractivity contribution in [3.63, 3.8) is 0 Å². The first kappa shape index (κ1) is 23.0. The van der Waals surface area contributed by atoms with Gasteiger partial charge in [-0.2, -0.15) is 0 Å². The van der Waals surface area contributed by atoms with E-state index in [4.69, 9.17) is 5.73 Å². The van der Waals surface area contributed by atoms with E-state index < -0.39 is 5.41 Å². The minimum Gasteiger partial charge on any atom is -0.360 e. The Labute approximate surface area is 203 Å². The maximum absolute atomic E-state index is 14.3. The molecule has 0 amide bonds. The molecule has 0 aromatic heterocycles. The van der Waals surface area contributed by atoms with Crippen molar-refractivity contribution in [1.82, 2.24) is 0 Å². The van der Waals surface area contributed by atoms with Crippen molar-refractivity contribution in [1.29, 1.82) is 0 Å². The van der Waals surface area contributed by atoms with Gasteiger partial charge in [-0.3, -0.25) is 9.59 Å². The van der Waals surface area contributed by atoms with E-state index in [9.17, 15) is 9.59 Å². The summed E-state index contributed by atoms with van der Waals surface area (Å²) in [5, 5.41) is 0. The van der Waals surface area contributed by atoms with Gasteiger partial charge in [0.1, 0.15) is 5.78 Å². The van der Waals surface area contributed by atoms with Crippen LogP contribution in [0.15, 0.2) is 60.2 Å². The van der Waals surface area contributed by atoms with Gasteiger partial charge in [0.2, 0.25) is 0 Å². The molecular weight excluding hydrogens is 420 g/mol. The Kier molecular flexibility index (Phi) is 5.55.